The van der Waals surface area contributed by atoms with E-state index in [-0.39, 0.29) is 13.2 Å². The van der Waals surface area contributed by atoms with Gasteiger partial charge in [0.25, 0.3) is 11.8 Å². The molecule has 0 unspecified atom stereocenters. The lowest BCUT2D eigenvalue weighted by Gasteiger charge is -2.10. The van der Waals surface area contributed by atoms with Crippen molar-refractivity contribution < 1.29 is 19.1 Å². The van der Waals surface area contributed by atoms with Gasteiger partial charge in [-0.2, -0.15) is 5.10 Å². The first kappa shape index (κ1) is 22.8. The molecule has 0 saturated carbocycles. The van der Waals surface area contributed by atoms with Crippen LogP contribution >= 0.6 is 0 Å². The van der Waals surface area contributed by atoms with Gasteiger partial charge in [-0.05, 0) is 46.7 Å². The zero-order chi connectivity index (χ0) is 23.8. The van der Waals surface area contributed by atoms with Crippen LogP contribution in [0.1, 0.15) is 12.5 Å². The van der Waals surface area contributed by atoms with Gasteiger partial charge in [-0.25, -0.2) is 5.43 Å². The van der Waals surface area contributed by atoms with E-state index in [1.54, 1.807) is 12.3 Å². The highest BCUT2D eigenvalue weighted by Crippen LogP contribution is 2.26. The van der Waals surface area contributed by atoms with Crippen molar-refractivity contribution in [3.05, 3.63) is 84.4 Å². The Labute approximate surface area is 197 Å². The van der Waals surface area contributed by atoms with E-state index in [4.69, 9.17) is 9.47 Å². The fourth-order valence-corrected chi connectivity index (χ4v) is 3.53. The molecular weight excluding hydrogens is 430 g/mol. The smallest absolute Gasteiger partial charge is 0.259 e. The lowest BCUT2D eigenvalue weighted by Crippen LogP contribution is -2.37. The van der Waals surface area contributed by atoms with Crippen LogP contribution in [-0.4, -0.2) is 37.8 Å². The van der Waals surface area contributed by atoms with Crippen LogP contribution in [-0.2, 0) is 9.59 Å². The van der Waals surface area contributed by atoms with Crippen molar-refractivity contribution in [1.82, 2.24) is 10.7 Å². The predicted molar refractivity (Wildman–Crippen MR) is 133 cm³/mol. The van der Waals surface area contributed by atoms with E-state index in [9.17, 15) is 9.59 Å². The van der Waals surface area contributed by atoms with E-state index >= 15 is 0 Å². The number of amides is 2. The fourth-order valence-electron chi connectivity index (χ4n) is 3.53. The molecular formula is C27H25N3O4. The molecule has 2 amide bonds. The molecule has 0 heterocycles. The van der Waals surface area contributed by atoms with Crippen LogP contribution in [0, 0.1) is 0 Å². The van der Waals surface area contributed by atoms with Gasteiger partial charge in [-0.15, -0.1) is 0 Å². The summed E-state index contributed by atoms with van der Waals surface area (Å²) in [5.74, 6) is 0.412. The van der Waals surface area contributed by atoms with Crippen LogP contribution in [0.5, 0.6) is 11.5 Å². The van der Waals surface area contributed by atoms with E-state index in [1.807, 2.05) is 79.7 Å². The second kappa shape index (κ2) is 11.0. The van der Waals surface area contributed by atoms with E-state index in [2.05, 4.69) is 15.8 Å². The van der Waals surface area contributed by atoms with Crippen molar-refractivity contribution in [2.45, 2.75) is 6.92 Å². The first-order valence-corrected chi connectivity index (χ1v) is 11.0. The summed E-state index contributed by atoms with van der Waals surface area (Å²) < 4.78 is 11.2. The second-order valence-electron chi connectivity index (χ2n) is 7.50. The minimum Gasteiger partial charge on any atom is -0.493 e. The van der Waals surface area contributed by atoms with E-state index in [0.717, 1.165) is 27.1 Å². The van der Waals surface area contributed by atoms with E-state index in [1.165, 1.54) is 0 Å². The first-order valence-electron chi connectivity index (χ1n) is 11.0. The lowest BCUT2D eigenvalue weighted by molar-refractivity contribution is -0.127. The molecule has 2 N–H and O–H groups in total. The molecule has 0 saturated heterocycles. The number of ether oxygens (including phenoxy) is 2. The Hall–Kier alpha value is -4.39. The van der Waals surface area contributed by atoms with Crippen molar-refractivity contribution in [1.29, 1.82) is 0 Å². The Kier molecular flexibility index (Phi) is 7.35. The topological polar surface area (TPSA) is 89.0 Å². The average molecular weight is 456 g/mol. The van der Waals surface area contributed by atoms with E-state index in [0.29, 0.717) is 18.1 Å². The maximum Gasteiger partial charge on any atom is 0.259 e. The van der Waals surface area contributed by atoms with Gasteiger partial charge in [0.05, 0.1) is 19.4 Å². The van der Waals surface area contributed by atoms with Crippen molar-refractivity contribution >= 4 is 39.6 Å². The van der Waals surface area contributed by atoms with E-state index < -0.39 is 11.8 Å². The SMILES string of the molecule is CCOc1ccc2ccccc2c1/C=N/NC(=O)CNC(=O)COc1ccc2ccccc2c1. The van der Waals surface area contributed by atoms with Gasteiger partial charge in [0.2, 0.25) is 0 Å². The molecule has 172 valence electrons. The first-order chi connectivity index (χ1) is 16.6. The third kappa shape index (κ3) is 5.69. The van der Waals surface area contributed by atoms with Crippen LogP contribution in [0.25, 0.3) is 21.5 Å². The molecule has 0 aromatic heterocycles. The standard InChI is InChI=1S/C27H25N3O4/c1-2-33-25-14-12-20-8-5-6-10-23(20)24(25)16-29-30-26(31)17-28-27(32)18-34-22-13-11-19-7-3-4-9-21(19)15-22/h3-16H,2,17-18H2,1H3,(H,28,32)(H,30,31)/b29-16+. The number of hydrazone groups is 1. The molecule has 7 heteroatoms. The summed E-state index contributed by atoms with van der Waals surface area (Å²) >= 11 is 0. The maximum absolute atomic E-state index is 12.1. The molecule has 7 nitrogen and oxygen atoms in total. The molecule has 0 atom stereocenters. The van der Waals surface area contributed by atoms with Crippen LogP contribution in [0.15, 0.2) is 84.0 Å². The summed E-state index contributed by atoms with van der Waals surface area (Å²) in [6.07, 6.45) is 1.55. The molecule has 0 spiro atoms. The number of fused-ring (bicyclic) bond motifs is 2. The Morgan fingerprint density at radius 2 is 1.59 bits per heavy atom. The number of carbonyl (C=O) groups is 2. The number of hydrogen-bond donors (Lipinski definition) is 2. The largest absolute Gasteiger partial charge is 0.493 e. The van der Waals surface area contributed by atoms with Crippen molar-refractivity contribution in [2.24, 2.45) is 5.10 Å². The molecule has 4 aromatic carbocycles. The third-order valence-electron chi connectivity index (χ3n) is 5.15. The van der Waals surface area contributed by atoms with Gasteiger partial charge < -0.3 is 14.8 Å². The van der Waals surface area contributed by atoms with Gasteiger partial charge in [0.1, 0.15) is 11.5 Å². The molecule has 0 radical (unpaired) electrons. The Bertz CT molecular complexity index is 1350. The summed E-state index contributed by atoms with van der Waals surface area (Å²) in [7, 11) is 0. The molecule has 0 aliphatic heterocycles. The maximum atomic E-state index is 12.1. The van der Waals surface area contributed by atoms with Crippen molar-refractivity contribution in [3.63, 3.8) is 0 Å². The molecule has 4 rings (SSSR count). The Balaban J connectivity index is 1.28. The summed E-state index contributed by atoms with van der Waals surface area (Å²) in [6, 6.07) is 25.2. The normalized spacial score (nSPS) is 11.0. The van der Waals surface area contributed by atoms with Crippen LogP contribution in [0.2, 0.25) is 0 Å². The molecule has 34 heavy (non-hydrogen) atoms. The van der Waals surface area contributed by atoms with Gasteiger partial charge >= 0.3 is 0 Å². The molecule has 4 aromatic rings. The van der Waals surface area contributed by atoms with Gasteiger partial charge in [-0.3, -0.25) is 9.59 Å². The summed E-state index contributed by atoms with van der Waals surface area (Å²) in [5, 5.41) is 10.7. The minimum atomic E-state index is -0.450. The highest BCUT2D eigenvalue weighted by atomic mass is 16.5. The van der Waals surface area contributed by atoms with Crippen molar-refractivity contribution in [2.75, 3.05) is 19.8 Å². The van der Waals surface area contributed by atoms with Crippen LogP contribution < -0.4 is 20.2 Å². The molecule has 0 aliphatic carbocycles. The monoisotopic (exact) mass is 455 g/mol. The Morgan fingerprint density at radius 3 is 2.41 bits per heavy atom. The van der Waals surface area contributed by atoms with Gasteiger partial charge in [0.15, 0.2) is 6.61 Å². The number of nitrogens with one attached hydrogen (secondary N) is 2. The summed E-state index contributed by atoms with van der Waals surface area (Å²) in [4.78, 5) is 24.2. The molecule has 0 bridgehead atoms. The van der Waals surface area contributed by atoms with Crippen LogP contribution in [0.3, 0.4) is 0 Å². The number of benzene rings is 4. The number of carbonyl (C=O) groups excluding carboxylic acids is 2. The summed E-state index contributed by atoms with van der Waals surface area (Å²) in [5.41, 5.74) is 3.21. The highest BCUT2D eigenvalue weighted by molar-refractivity contribution is 6.02. The lowest BCUT2D eigenvalue weighted by atomic mass is 10.0. The van der Waals surface area contributed by atoms with Crippen LogP contribution in [0.4, 0.5) is 0 Å². The number of rotatable bonds is 9. The Morgan fingerprint density at radius 1 is 0.853 bits per heavy atom. The minimum absolute atomic E-state index is 0.192. The number of nitrogens with zero attached hydrogens (tertiary/aromatic N) is 1. The fraction of sp³-hybridized carbons (Fsp3) is 0.148. The van der Waals surface area contributed by atoms with Gasteiger partial charge in [0, 0.05) is 5.56 Å². The molecule has 0 aliphatic rings. The predicted octanol–water partition coefficient (Wildman–Crippen LogP) is 4.04. The third-order valence-corrected chi connectivity index (χ3v) is 5.15. The zero-order valence-electron chi connectivity index (χ0n) is 18.8. The van der Waals surface area contributed by atoms with Gasteiger partial charge in [-0.1, -0.05) is 60.7 Å². The second-order valence-corrected chi connectivity index (χ2v) is 7.50. The van der Waals surface area contributed by atoms with Crippen molar-refractivity contribution in [3.8, 4) is 11.5 Å². The quantitative estimate of drug-likeness (QED) is 0.295. The highest BCUT2D eigenvalue weighted by Gasteiger charge is 2.08. The summed E-state index contributed by atoms with van der Waals surface area (Å²) in [6.45, 7) is 2.01. The molecule has 0 fully saturated rings. The number of hydrogen-bond acceptors (Lipinski definition) is 5. The zero-order valence-corrected chi connectivity index (χ0v) is 18.8. The average Bonchev–Trinajstić information content (AvgIpc) is 2.87.